The van der Waals surface area contributed by atoms with E-state index in [0.29, 0.717) is 11.1 Å². The van der Waals surface area contributed by atoms with Crippen molar-refractivity contribution in [2.75, 3.05) is 0 Å². The molecule has 0 atom stereocenters. The van der Waals surface area contributed by atoms with Gasteiger partial charge in [-0.15, -0.1) is 11.3 Å². The third-order valence-corrected chi connectivity index (χ3v) is 4.96. The first-order chi connectivity index (χ1) is 13.3. The predicted octanol–water partition coefficient (Wildman–Crippen LogP) is 5.06. The highest BCUT2D eigenvalue weighted by molar-refractivity contribution is 7.12. The molecule has 2 N–H and O–H groups in total. The fourth-order valence-electron chi connectivity index (χ4n) is 2.64. The number of carbonyl (C=O) groups excluding carboxylic acids is 1. The Bertz CT molecular complexity index is 1030. The number of carbonyl (C=O) groups is 2. The van der Waals surface area contributed by atoms with Crippen LogP contribution in [0.5, 0.6) is 0 Å². The number of halogens is 3. The maximum Gasteiger partial charge on any atom is 0.417 e. The summed E-state index contributed by atoms with van der Waals surface area (Å²) >= 11 is 0.728. The van der Waals surface area contributed by atoms with Crippen LogP contribution in [-0.4, -0.2) is 17.0 Å². The van der Waals surface area contributed by atoms with Crippen molar-refractivity contribution in [3.63, 3.8) is 0 Å². The molecule has 0 saturated carbocycles. The maximum atomic E-state index is 12.7. The molecule has 0 fully saturated rings. The van der Waals surface area contributed by atoms with Crippen molar-refractivity contribution in [3.05, 3.63) is 81.5 Å². The minimum absolute atomic E-state index is 0.0299. The molecule has 144 valence electrons. The SMILES string of the molecule is O=C(O)c1cccc(-c2ccccc2CNC(=O)c2cc(C(F)(F)F)cs2)c1. The van der Waals surface area contributed by atoms with Gasteiger partial charge in [-0.1, -0.05) is 36.4 Å². The first-order valence-electron chi connectivity index (χ1n) is 8.11. The molecule has 0 radical (unpaired) electrons. The van der Waals surface area contributed by atoms with Crippen molar-refractivity contribution in [3.8, 4) is 11.1 Å². The third-order valence-electron chi connectivity index (χ3n) is 4.03. The fourth-order valence-corrected chi connectivity index (χ4v) is 3.47. The van der Waals surface area contributed by atoms with Gasteiger partial charge in [-0.2, -0.15) is 13.2 Å². The number of carboxylic acids is 1. The summed E-state index contributed by atoms with van der Waals surface area (Å²) in [6.45, 7) is 0.0888. The van der Waals surface area contributed by atoms with Crippen LogP contribution in [0.3, 0.4) is 0 Å². The van der Waals surface area contributed by atoms with E-state index in [9.17, 15) is 22.8 Å². The maximum absolute atomic E-state index is 12.7. The molecule has 3 rings (SSSR count). The molecule has 0 saturated heterocycles. The summed E-state index contributed by atoms with van der Waals surface area (Å²) < 4.78 is 38.0. The zero-order chi connectivity index (χ0) is 20.3. The molecule has 3 aromatic rings. The Morgan fingerprint density at radius 1 is 1.04 bits per heavy atom. The average Bonchev–Trinajstić information content (AvgIpc) is 3.17. The second kappa shape index (κ2) is 7.85. The first kappa shape index (κ1) is 19.6. The van der Waals surface area contributed by atoms with Gasteiger partial charge in [0.15, 0.2) is 0 Å². The van der Waals surface area contributed by atoms with E-state index in [0.717, 1.165) is 28.3 Å². The van der Waals surface area contributed by atoms with Gasteiger partial charge in [0.05, 0.1) is 16.0 Å². The van der Waals surface area contributed by atoms with Crippen LogP contribution in [0.15, 0.2) is 60.0 Å². The van der Waals surface area contributed by atoms with Gasteiger partial charge >= 0.3 is 12.1 Å². The Kier molecular flexibility index (Phi) is 5.51. The summed E-state index contributed by atoms with van der Waals surface area (Å²) in [7, 11) is 0. The number of aromatic carboxylic acids is 1. The Labute approximate surface area is 162 Å². The van der Waals surface area contributed by atoms with Gasteiger partial charge in [0.25, 0.3) is 5.91 Å². The summed E-state index contributed by atoms with van der Waals surface area (Å²) in [5.74, 6) is -1.65. The second-order valence-electron chi connectivity index (χ2n) is 5.92. The van der Waals surface area contributed by atoms with E-state index in [1.165, 1.54) is 12.1 Å². The van der Waals surface area contributed by atoms with Gasteiger partial charge in [-0.25, -0.2) is 4.79 Å². The van der Waals surface area contributed by atoms with E-state index in [4.69, 9.17) is 5.11 Å². The lowest BCUT2D eigenvalue weighted by Crippen LogP contribution is -2.22. The lowest BCUT2D eigenvalue weighted by Gasteiger charge is -2.11. The van der Waals surface area contributed by atoms with Gasteiger partial charge in [0, 0.05) is 11.9 Å². The summed E-state index contributed by atoms with van der Waals surface area (Å²) in [6.07, 6.45) is -4.49. The lowest BCUT2D eigenvalue weighted by molar-refractivity contribution is -0.137. The van der Waals surface area contributed by atoms with Crippen molar-refractivity contribution < 1.29 is 27.9 Å². The standard InChI is InChI=1S/C20H14F3NO3S/c21-20(22,23)15-9-17(28-11-15)18(25)24-10-14-4-1-2-7-16(14)12-5-3-6-13(8-12)19(26)27/h1-9,11H,10H2,(H,24,25)(H,26,27). The summed E-state index contributed by atoms with van der Waals surface area (Å²) in [4.78, 5) is 23.4. The van der Waals surface area contributed by atoms with E-state index in [2.05, 4.69) is 5.32 Å². The van der Waals surface area contributed by atoms with Crippen molar-refractivity contribution >= 4 is 23.2 Å². The van der Waals surface area contributed by atoms with E-state index in [1.807, 2.05) is 0 Å². The van der Waals surface area contributed by atoms with E-state index < -0.39 is 23.6 Å². The molecule has 0 aliphatic heterocycles. The third kappa shape index (κ3) is 4.40. The molecule has 0 unspecified atom stereocenters. The summed E-state index contributed by atoms with van der Waals surface area (Å²) in [5.41, 5.74) is 1.39. The number of nitrogens with one attached hydrogen (secondary N) is 1. The molecule has 0 bridgehead atoms. The number of hydrogen-bond donors (Lipinski definition) is 2. The van der Waals surface area contributed by atoms with Crippen molar-refractivity contribution in [1.82, 2.24) is 5.32 Å². The quantitative estimate of drug-likeness (QED) is 0.623. The predicted molar refractivity (Wildman–Crippen MR) is 99.3 cm³/mol. The van der Waals surface area contributed by atoms with Crippen molar-refractivity contribution in [1.29, 1.82) is 0 Å². The van der Waals surface area contributed by atoms with E-state index in [1.54, 1.807) is 36.4 Å². The van der Waals surface area contributed by atoms with Crippen LogP contribution < -0.4 is 5.32 Å². The second-order valence-corrected chi connectivity index (χ2v) is 6.83. The fraction of sp³-hybridized carbons (Fsp3) is 0.100. The molecule has 2 aromatic carbocycles. The number of amides is 1. The molecule has 1 aromatic heterocycles. The van der Waals surface area contributed by atoms with Gasteiger partial charge < -0.3 is 10.4 Å². The minimum atomic E-state index is -4.49. The topological polar surface area (TPSA) is 66.4 Å². The van der Waals surface area contributed by atoms with Gasteiger partial charge in [0.1, 0.15) is 0 Å². The Hall–Kier alpha value is -3.13. The number of alkyl halides is 3. The molecule has 1 heterocycles. The smallest absolute Gasteiger partial charge is 0.417 e. The normalized spacial score (nSPS) is 11.2. The van der Waals surface area contributed by atoms with Gasteiger partial charge in [0.2, 0.25) is 0 Å². The molecule has 4 nitrogen and oxygen atoms in total. The molecule has 1 amide bonds. The molecular formula is C20H14F3NO3S. The van der Waals surface area contributed by atoms with Crippen LogP contribution in [0, 0.1) is 0 Å². The molecule has 0 aliphatic rings. The molecule has 28 heavy (non-hydrogen) atoms. The molecular weight excluding hydrogens is 391 g/mol. The molecule has 0 spiro atoms. The number of thiophene rings is 1. The highest BCUT2D eigenvalue weighted by atomic mass is 32.1. The molecule has 0 aliphatic carbocycles. The largest absolute Gasteiger partial charge is 0.478 e. The van der Waals surface area contributed by atoms with Crippen molar-refractivity contribution in [2.24, 2.45) is 0 Å². The summed E-state index contributed by atoms with van der Waals surface area (Å²) in [6, 6.07) is 14.3. The monoisotopic (exact) mass is 405 g/mol. The zero-order valence-corrected chi connectivity index (χ0v) is 15.1. The molecule has 8 heteroatoms. The number of benzene rings is 2. The Balaban J connectivity index is 1.79. The van der Waals surface area contributed by atoms with E-state index >= 15 is 0 Å². The van der Waals surface area contributed by atoms with Crippen LogP contribution in [0.4, 0.5) is 13.2 Å². The number of carboxylic acid groups (broad SMARTS) is 1. The average molecular weight is 405 g/mol. The Morgan fingerprint density at radius 2 is 1.79 bits per heavy atom. The van der Waals surface area contributed by atoms with Gasteiger partial charge in [-0.3, -0.25) is 4.79 Å². The zero-order valence-electron chi connectivity index (χ0n) is 14.3. The van der Waals surface area contributed by atoms with Crippen LogP contribution in [0.25, 0.3) is 11.1 Å². The van der Waals surface area contributed by atoms with Crippen LogP contribution >= 0.6 is 11.3 Å². The van der Waals surface area contributed by atoms with Crippen LogP contribution in [0.2, 0.25) is 0 Å². The Morgan fingerprint density at radius 3 is 2.46 bits per heavy atom. The highest BCUT2D eigenvalue weighted by Gasteiger charge is 2.32. The van der Waals surface area contributed by atoms with Gasteiger partial charge in [-0.05, 0) is 34.9 Å². The van der Waals surface area contributed by atoms with E-state index in [-0.39, 0.29) is 17.0 Å². The summed E-state index contributed by atoms with van der Waals surface area (Å²) in [5, 5.41) is 12.7. The van der Waals surface area contributed by atoms with Crippen LogP contribution in [0.1, 0.15) is 31.2 Å². The number of hydrogen-bond acceptors (Lipinski definition) is 3. The first-order valence-corrected chi connectivity index (χ1v) is 8.99. The minimum Gasteiger partial charge on any atom is -0.478 e. The van der Waals surface area contributed by atoms with Crippen LogP contribution in [-0.2, 0) is 12.7 Å². The highest BCUT2D eigenvalue weighted by Crippen LogP contribution is 2.32. The lowest BCUT2D eigenvalue weighted by atomic mass is 9.98. The van der Waals surface area contributed by atoms with Crippen molar-refractivity contribution in [2.45, 2.75) is 12.7 Å². The number of rotatable bonds is 5.